The largest absolute Gasteiger partial charge is 0.489 e. The van der Waals surface area contributed by atoms with Crippen LogP contribution in [0.3, 0.4) is 0 Å². The van der Waals surface area contributed by atoms with Gasteiger partial charge in [-0.3, -0.25) is 9.88 Å². The van der Waals surface area contributed by atoms with Crippen LogP contribution in [0.25, 0.3) is 11.4 Å². The van der Waals surface area contributed by atoms with Crippen LogP contribution in [0.4, 0.5) is 35.2 Å². The number of benzene rings is 1. The molecule has 3 aromatic rings. The number of amides is 2. The molecule has 13 heteroatoms. The smallest absolute Gasteiger partial charge is 0.416 e. The highest BCUT2D eigenvalue weighted by molar-refractivity contribution is 6.04. The second-order valence-electron chi connectivity index (χ2n) is 8.73. The van der Waals surface area contributed by atoms with Crippen molar-refractivity contribution in [2.24, 2.45) is 0 Å². The van der Waals surface area contributed by atoms with Crippen molar-refractivity contribution < 1.29 is 32.9 Å². The van der Waals surface area contributed by atoms with Gasteiger partial charge in [0, 0.05) is 24.7 Å². The molecule has 1 aromatic carbocycles. The number of aliphatic hydroxyl groups excluding tert-OH is 2. The molecule has 194 valence electrons. The number of fused-ring (bicyclic) bond motifs is 4. The van der Waals surface area contributed by atoms with Crippen LogP contribution in [0.5, 0.6) is 5.75 Å². The molecular weight excluding hydrogens is 493 g/mol. The second-order valence-corrected chi connectivity index (χ2v) is 8.73. The Morgan fingerprint density at radius 3 is 2.86 bits per heavy atom. The summed E-state index contributed by atoms with van der Waals surface area (Å²) in [5.41, 5.74) is 0.318. The van der Waals surface area contributed by atoms with Crippen molar-refractivity contribution in [1.29, 1.82) is 0 Å². The Morgan fingerprint density at radius 2 is 2.08 bits per heavy atom. The zero-order valence-corrected chi connectivity index (χ0v) is 19.4. The van der Waals surface area contributed by atoms with E-state index in [1.54, 1.807) is 0 Å². The van der Waals surface area contributed by atoms with E-state index in [0.29, 0.717) is 36.7 Å². The average molecular weight is 516 g/mol. The number of rotatable bonds is 6. The first-order valence-electron chi connectivity index (χ1n) is 11.5. The lowest BCUT2D eigenvalue weighted by Gasteiger charge is -2.35. The number of halogens is 3. The van der Waals surface area contributed by atoms with Crippen LogP contribution >= 0.6 is 0 Å². The number of anilines is 3. The highest BCUT2D eigenvalue weighted by Gasteiger charge is 2.41. The van der Waals surface area contributed by atoms with Crippen molar-refractivity contribution in [3.05, 3.63) is 54.5 Å². The number of ether oxygens (including phenoxy) is 1. The van der Waals surface area contributed by atoms with E-state index >= 15 is 0 Å². The van der Waals surface area contributed by atoms with Crippen LogP contribution < -0.4 is 19.9 Å². The number of nitrogens with one attached hydrogen (secondary N) is 1. The van der Waals surface area contributed by atoms with Crippen LogP contribution in [0, 0.1) is 0 Å². The van der Waals surface area contributed by atoms with E-state index in [-0.39, 0.29) is 29.8 Å². The first kappa shape index (κ1) is 24.7. The normalized spacial score (nSPS) is 17.4. The fraction of sp³-hybridized carbons (Fsp3) is 0.333. The standard InChI is InChI=1S/C24H23F3N6O4/c25-24(26,27)15-3-1-2-14(6-15)21-29-10-20-22(31-21)33(17-4-5-32(20)11-17)23(36)30-16-7-19(9-28-8-16)37-13-18(35)12-34/h1-3,6-10,17-18,34-35H,4-5,11-13H2,(H,30,36). The lowest BCUT2D eigenvalue weighted by atomic mass is 10.1. The van der Waals surface area contributed by atoms with E-state index in [1.807, 2.05) is 4.90 Å². The van der Waals surface area contributed by atoms with E-state index in [2.05, 4.69) is 20.3 Å². The predicted molar refractivity (Wildman–Crippen MR) is 127 cm³/mol. The summed E-state index contributed by atoms with van der Waals surface area (Å²) in [6, 6.07) is 5.58. The van der Waals surface area contributed by atoms with Gasteiger partial charge in [-0.15, -0.1) is 0 Å². The maximum Gasteiger partial charge on any atom is 0.416 e. The van der Waals surface area contributed by atoms with Crippen LogP contribution in [0.1, 0.15) is 12.0 Å². The van der Waals surface area contributed by atoms with Crippen molar-refractivity contribution in [3.8, 4) is 17.1 Å². The monoisotopic (exact) mass is 516 g/mol. The molecule has 10 nitrogen and oxygen atoms in total. The Bertz CT molecular complexity index is 1310. The molecule has 0 aliphatic carbocycles. The van der Waals surface area contributed by atoms with Gasteiger partial charge in [-0.2, -0.15) is 13.2 Å². The molecular formula is C24H23F3N6O4. The van der Waals surface area contributed by atoms with Crippen molar-refractivity contribution in [1.82, 2.24) is 15.0 Å². The maximum absolute atomic E-state index is 13.4. The average Bonchev–Trinajstić information content (AvgIpc) is 3.31. The third-order valence-corrected chi connectivity index (χ3v) is 6.13. The maximum atomic E-state index is 13.4. The van der Waals surface area contributed by atoms with Gasteiger partial charge in [0.1, 0.15) is 18.5 Å². The zero-order chi connectivity index (χ0) is 26.2. The van der Waals surface area contributed by atoms with Crippen LogP contribution in [-0.4, -0.2) is 69.6 Å². The quantitative estimate of drug-likeness (QED) is 0.457. The van der Waals surface area contributed by atoms with Crippen LogP contribution in [-0.2, 0) is 6.18 Å². The van der Waals surface area contributed by atoms with Crippen molar-refractivity contribution >= 4 is 23.2 Å². The van der Waals surface area contributed by atoms with Crippen molar-refractivity contribution in [2.75, 3.05) is 41.4 Å². The van der Waals surface area contributed by atoms with Crippen LogP contribution in [0.2, 0.25) is 0 Å². The fourth-order valence-electron chi connectivity index (χ4n) is 4.34. The van der Waals surface area contributed by atoms with Gasteiger partial charge in [-0.1, -0.05) is 12.1 Å². The Labute approximate surface area is 209 Å². The van der Waals surface area contributed by atoms with E-state index in [0.717, 1.165) is 12.1 Å². The lowest BCUT2D eigenvalue weighted by molar-refractivity contribution is -0.137. The number of hydrogen-bond acceptors (Lipinski definition) is 8. The lowest BCUT2D eigenvalue weighted by Crippen LogP contribution is -2.48. The minimum absolute atomic E-state index is 0.0738. The predicted octanol–water partition coefficient (Wildman–Crippen LogP) is 2.92. The number of carbonyl (C=O) groups is 1. The van der Waals surface area contributed by atoms with E-state index in [4.69, 9.17) is 9.84 Å². The molecule has 0 saturated carbocycles. The molecule has 0 spiro atoms. The van der Waals surface area contributed by atoms with E-state index < -0.39 is 30.5 Å². The Hall–Kier alpha value is -3.97. The molecule has 1 saturated heterocycles. The summed E-state index contributed by atoms with van der Waals surface area (Å²) >= 11 is 0. The zero-order valence-electron chi connectivity index (χ0n) is 19.4. The number of aromatic nitrogens is 3. The van der Waals surface area contributed by atoms with Gasteiger partial charge in [0.25, 0.3) is 0 Å². The highest BCUT2D eigenvalue weighted by Crippen LogP contribution is 2.40. The molecule has 5 rings (SSSR count). The third-order valence-electron chi connectivity index (χ3n) is 6.13. The Balaban J connectivity index is 1.42. The molecule has 2 amide bonds. The molecule has 2 aliphatic rings. The second kappa shape index (κ2) is 9.82. The molecule has 4 heterocycles. The van der Waals surface area contributed by atoms with Gasteiger partial charge < -0.3 is 25.2 Å². The summed E-state index contributed by atoms with van der Waals surface area (Å²) in [4.78, 5) is 29.8. The highest BCUT2D eigenvalue weighted by atomic mass is 19.4. The van der Waals surface area contributed by atoms with Gasteiger partial charge in [-0.25, -0.2) is 14.8 Å². The topological polar surface area (TPSA) is 124 Å². The van der Waals surface area contributed by atoms with Gasteiger partial charge >= 0.3 is 12.2 Å². The number of hydrogen-bond donors (Lipinski definition) is 3. The number of urea groups is 1. The molecule has 2 atom stereocenters. The first-order valence-corrected chi connectivity index (χ1v) is 11.5. The van der Waals surface area contributed by atoms with Gasteiger partial charge in [0.2, 0.25) is 0 Å². The van der Waals surface area contributed by atoms with E-state index in [1.165, 1.54) is 41.7 Å². The number of aliphatic hydroxyl groups is 2. The van der Waals surface area contributed by atoms with Gasteiger partial charge in [-0.05, 0) is 18.6 Å². The number of pyridine rings is 1. The van der Waals surface area contributed by atoms with Gasteiger partial charge in [0.15, 0.2) is 11.6 Å². The number of nitrogens with zero attached hydrogens (tertiary/aromatic N) is 5. The fourth-order valence-corrected chi connectivity index (χ4v) is 4.34. The number of alkyl halides is 3. The minimum atomic E-state index is -4.51. The third kappa shape index (κ3) is 5.13. The Morgan fingerprint density at radius 1 is 1.24 bits per heavy atom. The summed E-state index contributed by atoms with van der Waals surface area (Å²) in [6.07, 6.45) is -0.527. The Kier molecular flexibility index (Phi) is 6.56. The SMILES string of the molecule is O=C(Nc1cncc(OCC(O)CO)c1)N1c2nc(-c3cccc(C(F)(F)F)c3)ncc2N2CCC1C2. The molecule has 2 unspecified atom stereocenters. The summed E-state index contributed by atoms with van der Waals surface area (Å²) in [5.74, 6) is 0.662. The van der Waals surface area contributed by atoms with E-state index in [9.17, 15) is 23.1 Å². The molecule has 1 fully saturated rings. The van der Waals surface area contributed by atoms with Crippen LogP contribution in [0.15, 0.2) is 48.9 Å². The molecule has 0 radical (unpaired) electrons. The van der Waals surface area contributed by atoms with Crippen molar-refractivity contribution in [2.45, 2.75) is 24.7 Å². The molecule has 3 N–H and O–H groups in total. The first-order chi connectivity index (χ1) is 17.7. The summed E-state index contributed by atoms with van der Waals surface area (Å²) < 4.78 is 45.1. The molecule has 2 aliphatic heterocycles. The molecule has 2 bridgehead atoms. The van der Waals surface area contributed by atoms with Crippen molar-refractivity contribution in [3.63, 3.8) is 0 Å². The molecule has 37 heavy (non-hydrogen) atoms. The van der Waals surface area contributed by atoms with Gasteiger partial charge in [0.05, 0.1) is 48.2 Å². The summed E-state index contributed by atoms with van der Waals surface area (Å²) in [7, 11) is 0. The molecule has 2 aromatic heterocycles. The summed E-state index contributed by atoms with van der Waals surface area (Å²) in [6.45, 7) is 0.655. The summed E-state index contributed by atoms with van der Waals surface area (Å²) in [5, 5.41) is 21.2. The number of carbonyl (C=O) groups excluding carboxylic acids is 1. The minimum Gasteiger partial charge on any atom is -0.489 e.